The molecule has 0 aliphatic heterocycles. The molecule has 20 heavy (non-hydrogen) atoms. The van der Waals surface area contributed by atoms with Gasteiger partial charge in [-0.3, -0.25) is 0 Å². The number of nitrogens with one attached hydrogen (secondary N) is 1. The molecule has 0 atom stereocenters. The van der Waals surface area contributed by atoms with Crippen LogP contribution in [-0.2, 0) is 0 Å². The predicted octanol–water partition coefficient (Wildman–Crippen LogP) is 3.17. The van der Waals surface area contributed by atoms with Gasteiger partial charge in [-0.1, -0.05) is 24.4 Å². The molecule has 1 aliphatic rings. The Morgan fingerprint density at radius 1 is 1.45 bits per heavy atom. The lowest BCUT2D eigenvalue weighted by molar-refractivity contribution is 0.636. The van der Waals surface area contributed by atoms with Crippen molar-refractivity contribution in [3.63, 3.8) is 0 Å². The van der Waals surface area contributed by atoms with Gasteiger partial charge in [-0.25, -0.2) is 0 Å². The molecule has 3 rings (SSSR count). The first kappa shape index (κ1) is 13.9. The molecule has 0 bridgehead atoms. The molecule has 0 unspecified atom stereocenters. The molecule has 0 saturated heterocycles. The zero-order valence-electron chi connectivity index (χ0n) is 11.7. The topological polar surface area (TPSA) is 55.1 Å². The molecule has 1 fully saturated rings. The lowest BCUT2D eigenvalue weighted by atomic mass is 10.1. The van der Waals surface area contributed by atoms with E-state index < -0.39 is 0 Å². The average molecular weight is 312 g/mol. The molecule has 1 N–H and O–H groups in total. The van der Waals surface area contributed by atoms with Crippen LogP contribution in [0.15, 0.2) is 6.33 Å². The molecule has 108 valence electrons. The molecule has 0 amide bonds. The van der Waals surface area contributed by atoms with E-state index in [1.165, 1.54) is 32.0 Å². The standard InChI is InChI=1S/C13H18ClN5S/c1-9-10(14)18-12-16-8-17-19(12)11(9)15-7-13(20-2)5-3-4-6-13/h8,15H,3-7H2,1-2H3. The minimum absolute atomic E-state index is 0.328. The fraction of sp³-hybridized carbons (Fsp3) is 0.615. The number of fused-ring (bicyclic) bond motifs is 1. The highest BCUT2D eigenvalue weighted by atomic mass is 35.5. The number of thioether (sulfide) groups is 1. The van der Waals surface area contributed by atoms with Crippen LogP contribution in [0.1, 0.15) is 31.2 Å². The molecule has 0 aromatic carbocycles. The van der Waals surface area contributed by atoms with Gasteiger partial charge in [0.15, 0.2) is 0 Å². The van der Waals surface area contributed by atoms with Crippen LogP contribution in [0.25, 0.3) is 5.78 Å². The van der Waals surface area contributed by atoms with Gasteiger partial charge in [0, 0.05) is 16.9 Å². The van der Waals surface area contributed by atoms with E-state index in [1.807, 2.05) is 18.7 Å². The summed E-state index contributed by atoms with van der Waals surface area (Å²) in [5.41, 5.74) is 0.916. The maximum atomic E-state index is 6.18. The molecule has 2 aromatic heterocycles. The molecule has 7 heteroatoms. The van der Waals surface area contributed by atoms with Crippen LogP contribution in [0.5, 0.6) is 0 Å². The number of aromatic nitrogens is 4. The largest absolute Gasteiger partial charge is 0.368 e. The molecule has 5 nitrogen and oxygen atoms in total. The van der Waals surface area contributed by atoms with Crippen LogP contribution in [0.2, 0.25) is 5.15 Å². The molecular weight excluding hydrogens is 294 g/mol. The number of nitrogens with zero attached hydrogens (tertiary/aromatic N) is 4. The number of hydrogen-bond donors (Lipinski definition) is 1. The van der Waals surface area contributed by atoms with Crippen molar-refractivity contribution in [2.75, 3.05) is 18.1 Å². The van der Waals surface area contributed by atoms with Gasteiger partial charge in [0.05, 0.1) is 0 Å². The van der Waals surface area contributed by atoms with Crippen molar-refractivity contribution in [3.8, 4) is 0 Å². The number of rotatable bonds is 4. The van der Waals surface area contributed by atoms with Crippen molar-refractivity contribution in [1.82, 2.24) is 19.6 Å². The molecule has 0 radical (unpaired) electrons. The highest BCUT2D eigenvalue weighted by Gasteiger charge is 2.33. The Hall–Kier alpha value is -1.01. The summed E-state index contributed by atoms with van der Waals surface area (Å²) in [6.07, 6.45) is 8.86. The van der Waals surface area contributed by atoms with Gasteiger partial charge in [-0.2, -0.15) is 31.3 Å². The van der Waals surface area contributed by atoms with E-state index in [2.05, 4.69) is 26.6 Å². The molecule has 1 saturated carbocycles. The molecule has 2 heterocycles. The highest BCUT2D eigenvalue weighted by Crippen LogP contribution is 2.40. The van der Waals surface area contributed by atoms with Crippen molar-refractivity contribution in [2.45, 2.75) is 37.4 Å². The zero-order valence-corrected chi connectivity index (χ0v) is 13.3. The summed E-state index contributed by atoms with van der Waals surface area (Å²) in [5, 5.41) is 8.25. The fourth-order valence-corrected chi connectivity index (χ4v) is 3.90. The summed E-state index contributed by atoms with van der Waals surface area (Å²) in [4.78, 5) is 8.33. The van der Waals surface area contributed by atoms with Gasteiger partial charge in [0.1, 0.15) is 17.3 Å². The van der Waals surface area contributed by atoms with Crippen molar-refractivity contribution >= 4 is 35.0 Å². The van der Waals surface area contributed by atoms with Crippen LogP contribution in [0.3, 0.4) is 0 Å². The van der Waals surface area contributed by atoms with Crippen LogP contribution in [-0.4, -0.2) is 37.1 Å². The third kappa shape index (κ3) is 2.35. The summed E-state index contributed by atoms with van der Waals surface area (Å²) in [7, 11) is 0. The molecular formula is C13H18ClN5S. The number of anilines is 1. The Morgan fingerprint density at radius 2 is 2.20 bits per heavy atom. The third-order valence-corrected chi connectivity index (χ3v) is 5.92. The third-order valence-electron chi connectivity index (χ3n) is 4.13. The zero-order chi connectivity index (χ0) is 14.2. The molecule has 2 aromatic rings. The molecule has 1 aliphatic carbocycles. The van der Waals surface area contributed by atoms with E-state index in [0.29, 0.717) is 15.7 Å². The van der Waals surface area contributed by atoms with Gasteiger partial charge in [-0.05, 0) is 26.0 Å². The summed E-state index contributed by atoms with van der Waals surface area (Å²) in [6, 6.07) is 0. The summed E-state index contributed by atoms with van der Waals surface area (Å²) >= 11 is 8.14. The van der Waals surface area contributed by atoms with E-state index in [4.69, 9.17) is 11.6 Å². The highest BCUT2D eigenvalue weighted by molar-refractivity contribution is 8.00. The van der Waals surface area contributed by atoms with Gasteiger partial charge in [0.2, 0.25) is 0 Å². The van der Waals surface area contributed by atoms with Crippen LogP contribution in [0.4, 0.5) is 5.82 Å². The normalized spacial score (nSPS) is 17.8. The maximum absolute atomic E-state index is 6.18. The van der Waals surface area contributed by atoms with E-state index in [0.717, 1.165) is 17.9 Å². The van der Waals surface area contributed by atoms with Gasteiger partial charge in [-0.15, -0.1) is 0 Å². The summed E-state index contributed by atoms with van der Waals surface area (Å²) in [6.45, 7) is 2.88. The summed E-state index contributed by atoms with van der Waals surface area (Å²) in [5.74, 6) is 1.44. The Morgan fingerprint density at radius 3 is 2.90 bits per heavy atom. The monoisotopic (exact) mass is 311 g/mol. The van der Waals surface area contributed by atoms with Crippen molar-refractivity contribution in [2.24, 2.45) is 0 Å². The first-order valence-electron chi connectivity index (χ1n) is 6.80. The Balaban J connectivity index is 1.90. The minimum Gasteiger partial charge on any atom is -0.368 e. The van der Waals surface area contributed by atoms with Gasteiger partial charge in [0.25, 0.3) is 5.78 Å². The van der Waals surface area contributed by atoms with E-state index in [-0.39, 0.29) is 0 Å². The SMILES string of the molecule is CSC1(CNc2c(C)c(Cl)nc3ncnn23)CCCC1. The van der Waals surface area contributed by atoms with Crippen LogP contribution < -0.4 is 5.32 Å². The van der Waals surface area contributed by atoms with Gasteiger partial charge >= 0.3 is 0 Å². The second-order valence-electron chi connectivity index (χ2n) is 5.30. The first-order chi connectivity index (χ1) is 9.65. The maximum Gasteiger partial charge on any atom is 0.255 e. The second kappa shape index (κ2) is 5.41. The Kier molecular flexibility index (Phi) is 3.77. The minimum atomic E-state index is 0.328. The van der Waals surface area contributed by atoms with Crippen molar-refractivity contribution < 1.29 is 0 Å². The van der Waals surface area contributed by atoms with E-state index in [1.54, 1.807) is 4.52 Å². The number of hydrogen-bond acceptors (Lipinski definition) is 5. The Labute approximate surface area is 127 Å². The quantitative estimate of drug-likeness (QED) is 0.879. The van der Waals surface area contributed by atoms with E-state index >= 15 is 0 Å². The lowest BCUT2D eigenvalue weighted by Gasteiger charge is -2.27. The van der Waals surface area contributed by atoms with Crippen molar-refractivity contribution in [1.29, 1.82) is 0 Å². The first-order valence-corrected chi connectivity index (χ1v) is 8.40. The molecule has 0 spiro atoms. The fourth-order valence-electron chi connectivity index (χ4n) is 2.82. The van der Waals surface area contributed by atoms with Crippen LogP contribution >= 0.6 is 23.4 Å². The smallest absolute Gasteiger partial charge is 0.255 e. The number of halogens is 1. The van der Waals surface area contributed by atoms with Gasteiger partial charge < -0.3 is 5.32 Å². The average Bonchev–Trinajstić information content (AvgIpc) is 3.09. The Bertz CT molecular complexity index is 620. The summed E-state index contributed by atoms with van der Waals surface area (Å²) < 4.78 is 2.05. The predicted molar refractivity (Wildman–Crippen MR) is 83.7 cm³/mol. The van der Waals surface area contributed by atoms with Crippen LogP contribution in [0, 0.1) is 6.92 Å². The second-order valence-corrected chi connectivity index (χ2v) is 6.93. The van der Waals surface area contributed by atoms with E-state index in [9.17, 15) is 0 Å². The van der Waals surface area contributed by atoms with Crippen molar-refractivity contribution in [3.05, 3.63) is 17.0 Å². The lowest BCUT2D eigenvalue weighted by Crippen LogP contribution is -2.31.